The molecule has 0 aliphatic heterocycles. The van der Waals surface area contributed by atoms with Crippen LogP contribution in [0.2, 0.25) is 0 Å². The molecule has 1 aliphatic rings. The molecule has 1 aliphatic carbocycles. The molecule has 0 radical (unpaired) electrons. The fourth-order valence-corrected chi connectivity index (χ4v) is 5.45. The highest BCUT2D eigenvalue weighted by atomic mass is 16.3. The van der Waals surface area contributed by atoms with E-state index in [4.69, 9.17) is 9.40 Å². The summed E-state index contributed by atoms with van der Waals surface area (Å²) >= 11 is 0. The standard InChI is InChI=1S/C27H25BN2O/c1-17-9-10-21-24-20-8-4-3-7-18(20)16-30-26(24)31-25(21)23(17)22-15-19(11-14-29-22)27(28)12-5-2-6-13-27/h3-4,7-11,14-16H,2,5-6,12-13,28H2,1H3. The van der Waals surface area contributed by atoms with E-state index < -0.39 is 0 Å². The number of furan rings is 1. The number of aromatic nitrogens is 2. The summed E-state index contributed by atoms with van der Waals surface area (Å²) in [7, 11) is 2.41. The Labute approximate surface area is 182 Å². The lowest BCUT2D eigenvalue weighted by molar-refractivity contribution is 0.398. The highest BCUT2D eigenvalue weighted by Gasteiger charge is 2.29. The molecule has 0 spiro atoms. The topological polar surface area (TPSA) is 38.9 Å². The third kappa shape index (κ3) is 2.89. The summed E-state index contributed by atoms with van der Waals surface area (Å²) in [5.74, 6) is 0. The molecule has 0 amide bonds. The van der Waals surface area contributed by atoms with Crippen molar-refractivity contribution in [3.8, 4) is 11.3 Å². The normalized spacial score (nSPS) is 16.3. The van der Waals surface area contributed by atoms with Crippen molar-refractivity contribution in [3.05, 3.63) is 72.1 Å². The highest BCUT2D eigenvalue weighted by Crippen LogP contribution is 2.41. The van der Waals surface area contributed by atoms with Gasteiger partial charge in [-0.25, -0.2) is 4.98 Å². The van der Waals surface area contributed by atoms with Gasteiger partial charge in [-0.3, -0.25) is 4.98 Å². The van der Waals surface area contributed by atoms with Crippen LogP contribution in [0, 0.1) is 6.92 Å². The van der Waals surface area contributed by atoms with Crippen LogP contribution in [-0.4, -0.2) is 17.8 Å². The molecule has 152 valence electrons. The number of pyridine rings is 2. The van der Waals surface area contributed by atoms with Gasteiger partial charge in [-0.1, -0.05) is 68.5 Å². The van der Waals surface area contributed by atoms with E-state index >= 15 is 0 Å². The van der Waals surface area contributed by atoms with Crippen molar-refractivity contribution in [2.45, 2.75) is 44.3 Å². The van der Waals surface area contributed by atoms with Crippen LogP contribution in [0.25, 0.3) is 44.1 Å². The molecule has 0 unspecified atom stereocenters. The molecular formula is C27H25BN2O. The number of fused-ring (bicyclic) bond motifs is 5. The molecule has 31 heavy (non-hydrogen) atoms. The average molecular weight is 404 g/mol. The van der Waals surface area contributed by atoms with Crippen molar-refractivity contribution in [2.24, 2.45) is 0 Å². The van der Waals surface area contributed by atoms with Gasteiger partial charge < -0.3 is 4.42 Å². The zero-order chi connectivity index (χ0) is 21.0. The second-order valence-corrected chi connectivity index (χ2v) is 9.31. The summed E-state index contributed by atoms with van der Waals surface area (Å²) in [5, 5.41) is 4.74. The lowest BCUT2D eigenvalue weighted by Crippen LogP contribution is -2.29. The van der Waals surface area contributed by atoms with E-state index in [0.717, 1.165) is 33.0 Å². The molecule has 3 nitrogen and oxygen atoms in total. The largest absolute Gasteiger partial charge is 0.437 e. The van der Waals surface area contributed by atoms with Gasteiger partial charge in [0.15, 0.2) is 0 Å². The molecule has 3 aromatic heterocycles. The molecule has 0 atom stereocenters. The van der Waals surface area contributed by atoms with Crippen molar-refractivity contribution < 1.29 is 4.42 Å². The van der Waals surface area contributed by atoms with Crippen LogP contribution in [-0.2, 0) is 5.31 Å². The van der Waals surface area contributed by atoms with Crippen LogP contribution in [0.3, 0.4) is 0 Å². The zero-order valence-electron chi connectivity index (χ0n) is 18.1. The Kier molecular flexibility index (Phi) is 4.17. The van der Waals surface area contributed by atoms with E-state index in [1.54, 1.807) is 0 Å². The van der Waals surface area contributed by atoms with Crippen molar-refractivity contribution in [1.29, 1.82) is 0 Å². The van der Waals surface area contributed by atoms with E-state index in [-0.39, 0.29) is 5.31 Å². The molecular weight excluding hydrogens is 379 g/mol. The molecule has 3 heterocycles. The molecule has 1 fully saturated rings. The third-order valence-corrected chi connectivity index (χ3v) is 7.27. The Hall–Kier alpha value is -3.14. The minimum absolute atomic E-state index is 0.239. The van der Waals surface area contributed by atoms with Gasteiger partial charge in [0.25, 0.3) is 0 Å². The van der Waals surface area contributed by atoms with Gasteiger partial charge in [0.2, 0.25) is 5.71 Å². The molecule has 4 heteroatoms. The molecule has 0 bridgehead atoms. The van der Waals surface area contributed by atoms with Gasteiger partial charge in [-0.05, 0) is 40.9 Å². The molecule has 0 saturated heterocycles. The first kappa shape index (κ1) is 18.6. The monoisotopic (exact) mass is 404 g/mol. The quantitative estimate of drug-likeness (QED) is 0.324. The molecule has 6 rings (SSSR count). The second kappa shape index (κ2) is 6.95. The second-order valence-electron chi connectivity index (χ2n) is 9.31. The first-order valence-electron chi connectivity index (χ1n) is 11.3. The lowest BCUT2D eigenvalue weighted by Gasteiger charge is -2.34. The van der Waals surface area contributed by atoms with Crippen molar-refractivity contribution >= 4 is 40.7 Å². The van der Waals surface area contributed by atoms with Gasteiger partial charge in [0, 0.05) is 28.7 Å². The van der Waals surface area contributed by atoms with Crippen LogP contribution in [0.4, 0.5) is 0 Å². The number of hydrogen-bond acceptors (Lipinski definition) is 3. The Morgan fingerprint density at radius 1 is 0.935 bits per heavy atom. The fourth-order valence-electron chi connectivity index (χ4n) is 5.45. The van der Waals surface area contributed by atoms with E-state index in [2.05, 4.69) is 68.3 Å². The third-order valence-electron chi connectivity index (χ3n) is 7.27. The van der Waals surface area contributed by atoms with Crippen molar-refractivity contribution in [2.75, 3.05) is 0 Å². The Bertz CT molecular complexity index is 1450. The van der Waals surface area contributed by atoms with Crippen LogP contribution in [0.1, 0.15) is 43.2 Å². The van der Waals surface area contributed by atoms with Gasteiger partial charge in [0.1, 0.15) is 13.4 Å². The predicted molar refractivity (Wildman–Crippen MR) is 130 cm³/mol. The van der Waals surface area contributed by atoms with Gasteiger partial charge >= 0.3 is 0 Å². The summed E-state index contributed by atoms with van der Waals surface area (Å²) in [5.41, 5.74) is 6.23. The minimum Gasteiger partial charge on any atom is -0.437 e. The maximum absolute atomic E-state index is 6.39. The van der Waals surface area contributed by atoms with Crippen LogP contribution >= 0.6 is 0 Å². The van der Waals surface area contributed by atoms with Crippen LogP contribution in [0.5, 0.6) is 0 Å². The maximum Gasteiger partial charge on any atom is 0.227 e. The summed E-state index contributed by atoms with van der Waals surface area (Å²) in [6.45, 7) is 2.14. The lowest BCUT2D eigenvalue weighted by atomic mass is 9.57. The zero-order valence-corrected chi connectivity index (χ0v) is 18.1. The number of hydrogen-bond donors (Lipinski definition) is 0. The molecule has 0 N–H and O–H groups in total. The van der Waals surface area contributed by atoms with Crippen LogP contribution in [0.15, 0.2) is 65.3 Å². The number of aryl methyl sites for hydroxylation is 1. The SMILES string of the molecule is BC1(c2ccnc(-c3c(C)ccc4c3oc3ncc5ccccc5c34)c2)CCCCC1. The summed E-state index contributed by atoms with van der Waals surface area (Å²) in [6.07, 6.45) is 10.3. The van der Waals surface area contributed by atoms with Crippen LogP contribution < -0.4 is 0 Å². The smallest absolute Gasteiger partial charge is 0.227 e. The summed E-state index contributed by atoms with van der Waals surface area (Å²) in [4.78, 5) is 9.42. The maximum atomic E-state index is 6.39. The van der Waals surface area contributed by atoms with Gasteiger partial charge in [-0.2, -0.15) is 0 Å². The Morgan fingerprint density at radius 3 is 2.65 bits per heavy atom. The first-order valence-corrected chi connectivity index (χ1v) is 11.3. The first-order chi connectivity index (χ1) is 15.1. The van der Waals surface area contributed by atoms with E-state index in [9.17, 15) is 0 Å². The molecule has 1 saturated carbocycles. The molecule has 2 aromatic carbocycles. The van der Waals surface area contributed by atoms with Gasteiger partial charge in [0.05, 0.1) is 11.1 Å². The Morgan fingerprint density at radius 2 is 1.77 bits per heavy atom. The number of nitrogens with zero attached hydrogens (tertiary/aromatic N) is 2. The van der Waals surface area contributed by atoms with E-state index in [0.29, 0.717) is 5.71 Å². The van der Waals surface area contributed by atoms with Gasteiger partial charge in [-0.15, -0.1) is 0 Å². The molecule has 5 aromatic rings. The predicted octanol–water partition coefficient (Wildman–Crippen LogP) is 6.30. The van der Waals surface area contributed by atoms with Crippen molar-refractivity contribution in [3.63, 3.8) is 0 Å². The Balaban J connectivity index is 1.61. The highest BCUT2D eigenvalue weighted by molar-refractivity contribution is 6.19. The average Bonchev–Trinajstić information content (AvgIpc) is 3.18. The summed E-state index contributed by atoms with van der Waals surface area (Å²) < 4.78 is 6.39. The number of benzene rings is 2. The van der Waals surface area contributed by atoms with Crippen molar-refractivity contribution in [1.82, 2.24) is 9.97 Å². The number of rotatable bonds is 2. The van der Waals surface area contributed by atoms with E-state index in [1.807, 2.05) is 12.4 Å². The van der Waals surface area contributed by atoms with E-state index in [1.165, 1.54) is 48.6 Å². The fraction of sp³-hybridized carbons (Fsp3) is 0.259. The minimum atomic E-state index is 0.239. The summed E-state index contributed by atoms with van der Waals surface area (Å²) in [6, 6.07) is 17.2.